The molecular formula is C24H42LiO19S3-. The van der Waals surface area contributed by atoms with Crippen LogP contribution in [0, 0.1) is 12.3 Å². The Bertz CT molecular complexity index is 1290. The number of hydrogen-bond donors (Lipinski definition) is 1. The molecule has 19 nitrogen and oxygen atoms in total. The fourth-order valence-corrected chi connectivity index (χ4v) is 5.97. The van der Waals surface area contributed by atoms with Crippen LogP contribution in [0.1, 0.15) is 54.4 Å². The van der Waals surface area contributed by atoms with E-state index in [2.05, 4.69) is 24.5 Å². The van der Waals surface area contributed by atoms with Gasteiger partial charge in [0.1, 0.15) is 30.5 Å². The molecule has 272 valence electrons. The number of ether oxygens (including phenoxy) is 8. The second-order valence-electron chi connectivity index (χ2n) is 11.7. The van der Waals surface area contributed by atoms with Crippen LogP contribution in [0.25, 0.3) is 0 Å². The molecule has 47 heavy (non-hydrogen) atoms. The van der Waals surface area contributed by atoms with E-state index >= 15 is 0 Å². The Kier molecular flexibility index (Phi) is 17.3. The fourth-order valence-electron chi connectivity index (χ4n) is 5.11. The second-order valence-corrected chi connectivity index (χ2v) is 14.2. The summed E-state index contributed by atoms with van der Waals surface area (Å²) in [5.41, 5.74) is 0. The van der Waals surface area contributed by atoms with E-state index in [0.717, 1.165) is 12.8 Å². The van der Waals surface area contributed by atoms with E-state index in [1.807, 2.05) is 13.8 Å². The van der Waals surface area contributed by atoms with Gasteiger partial charge in [-0.05, 0) is 39.7 Å². The maximum Gasteiger partial charge on any atom is 1.00 e. The molecule has 0 aliphatic carbocycles. The quantitative estimate of drug-likeness (QED) is 0.128. The van der Waals surface area contributed by atoms with Gasteiger partial charge < -0.3 is 42.4 Å². The van der Waals surface area contributed by atoms with Crippen LogP contribution in [-0.2, 0) is 77.7 Å². The van der Waals surface area contributed by atoms with E-state index in [9.17, 15) is 8.42 Å². The molecule has 5 rings (SSSR count). The summed E-state index contributed by atoms with van der Waals surface area (Å²) >= 11 is 0. The van der Waals surface area contributed by atoms with Crippen LogP contribution in [0.3, 0.4) is 0 Å². The van der Waals surface area contributed by atoms with Crippen LogP contribution in [0.2, 0.25) is 0 Å². The summed E-state index contributed by atoms with van der Waals surface area (Å²) in [5.74, 6) is -0.729. The summed E-state index contributed by atoms with van der Waals surface area (Å²) in [6.45, 7) is 11.6. The van der Waals surface area contributed by atoms with Crippen molar-refractivity contribution < 1.29 is 104 Å². The Morgan fingerprint density at radius 3 is 1.89 bits per heavy atom. The molecule has 0 radical (unpaired) electrons. The standard InChI is InChI=1S/C14H25O4.C10H16O8S.Li.H2O4S.O3S/c1-9(2)6-7-10-8-11-12(13(15-5)16-10)18-14(3,4)17-11;1-10(2)16-7-6-5(4-14-19(11,12)18-6)15-9(13-3)8(7)17-10;;1-5(2,3)4;1-4(2)3/h8-13H,6-7H2,1-5H3;5-9H,4H2,1-3H3;;(H2,1,2,3,4);/q-1;;+1;;/p-1/t10?,11-,12?,13-;5?,6-,7+,8?,9+;;;/m01.../s1. The minimum absolute atomic E-state index is 0. The zero-order valence-corrected chi connectivity index (χ0v) is 29.9. The Hall–Kier alpha value is -0.363. The third kappa shape index (κ3) is 15.2. The fraction of sp³-hybridized carbons (Fsp3) is 0.958. The van der Waals surface area contributed by atoms with Gasteiger partial charge in [-0.25, -0.2) is 16.8 Å². The van der Waals surface area contributed by atoms with Crippen LogP contribution >= 0.6 is 0 Å². The maximum atomic E-state index is 11.4. The molecular weight excluding hydrogens is 695 g/mol. The average molecular weight is 738 g/mol. The molecule has 5 heterocycles. The molecule has 0 aromatic rings. The van der Waals surface area contributed by atoms with Gasteiger partial charge in [-0.2, -0.15) is 8.42 Å². The van der Waals surface area contributed by atoms with Crippen LogP contribution < -0.4 is 18.9 Å². The van der Waals surface area contributed by atoms with Gasteiger partial charge in [0.15, 0.2) is 24.2 Å². The summed E-state index contributed by atoms with van der Waals surface area (Å²) in [5, 5.41) is 0. The maximum absolute atomic E-state index is 11.4. The first-order valence-corrected chi connectivity index (χ1v) is 17.6. The molecule has 23 heteroatoms. The number of hydrogen-bond acceptors (Lipinski definition) is 18. The molecule has 0 spiro atoms. The van der Waals surface area contributed by atoms with Gasteiger partial charge >= 0.3 is 39.9 Å². The minimum Gasteiger partial charge on any atom is -0.726 e. The molecule has 0 aromatic heterocycles. The Labute approximate surface area is 288 Å². The normalized spacial score (nSPS) is 35.9. The van der Waals surface area contributed by atoms with Crippen molar-refractivity contribution in [3.8, 4) is 0 Å². The summed E-state index contributed by atoms with van der Waals surface area (Å²) < 4.78 is 136. The van der Waals surface area contributed by atoms with Crippen LogP contribution in [0.4, 0.5) is 0 Å². The van der Waals surface area contributed by atoms with Crippen molar-refractivity contribution >= 4 is 31.4 Å². The van der Waals surface area contributed by atoms with Gasteiger partial charge in [0.05, 0.1) is 6.61 Å². The van der Waals surface area contributed by atoms with Crippen LogP contribution in [0.15, 0.2) is 0 Å². The van der Waals surface area contributed by atoms with Gasteiger partial charge in [0.25, 0.3) is 0 Å². The van der Waals surface area contributed by atoms with Gasteiger partial charge in [-0.1, -0.05) is 32.8 Å². The monoisotopic (exact) mass is 737 g/mol. The number of rotatable bonds is 5. The predicted molar refractivity (Wildman–Crippen MR) is 149 cm³/mol. The first-order valence-electron chi connectivity index (χ1n) is 13.9. The van der Waals surface area contributed by atoms with Gasteiger partial charge in [-0.3, -0.25) is 11.0 Å². The minimum atomic E-state index is -4.92. The Morgan fingerprint density at radius 1 is 0.915 bits per heavy atom. The van der Waals surface area contributed by atoms with E-state index in [4.69, 9.17) is 72.2 Å². The second kappa shape index (κ2) is 18.2. The molecule has 0 bridgehead atoms. The van der Waals surface area contributed by atoms with E-state index in [1.165, 1.54) is 7.11 Å². The Balaban J connectivity index is 0.000000369. The molecule has 5 aliphatic heterocycles. The molecule has 1 N–H and O–H groups in total. The average Bonchev–Trinajstić information content (AvgIpc) is 3.39. The molecule has 5 saturated heterocycles. The van der Waals surface area contributed by atoms with Crippen molar-refractivity contribution in [2.45, 2.75) is 121 Å². The van der Waals surface area contributed by atoms with Crippen molar-refractivity contribution in [3.05, 3.63) is 6.42 Å². The van der Waals surface area contributed by atoms with Crippen molar-refractivity contribution in [1.82, 2.24) is 0 Å². The summed E-state index contributed by atoms with van der Waals surface area (Å²) in [4.78, 5) is 0. The Morgan fingerprint density at radius 2 is 1.38 bits per heavy atom. The molecule has 4 unspecified atom stereocenters. The topological polar surface area (TPSA) is 255 Å². The SMILES string of the molecule is CO[C@H]1OC(CCC(C)C)[CH-][C@@H]2OC(C)(C)OC12.CO[C@H]1OC2COS(=O)(=O)O[C@H]2[C@@H]2OC(C)(C)OC12.O=S(=O)([O-])O.O=S(=O)=O.[Li+]. The van der Waals surface area contributed by atoms with Gasteiger partial charge in [0.2, 0.25) is 10.4 Å². The summed E-state index contributed by atoms with van der Waals surface area (Å²) in [7, 11) is -8.90. The molecule has 5 aliphatic rings. The summed E-state index contributed by atoms with van der Waals surface area (Å²) in [6.07, 6.45) is 0.685. The van der Waals surface area contributed by atoms with Crippen LogP contribution in [0.5, 0.6) is 0 Å². The number of methoxy groups -OCH3 is 2. The smallest absolute Gasteiger partial charge is 0.726 e. The molecule has 5 fully saturated rings. The first kappa shape index (κ1) is 44.7. The van der Waals surface area contributed by atoms with Gasteiger partial charge in [-0.15, -0.1) is 12.6 Å². The van der Waals surface area contributed by atoms with E-state index in [1.54, 1.807) is 21.0 Å². The zero-order chi connectivity index (χ0) is 35.3. The third-order valence-corrected chi connectivity index (χ3v) is 7.56. The van der Waals surface area contributed by atoms with Crippen LogP contribution in [-0.4, -0.2) is 126 Å². The predicted octanol–water partition coefficient (Wildman–Crippen LogP) is -2.94. The van der Waals surface area contributed by atoms with E-state index in [-0.39, 0.29) is 50.1 Å². The largest absolute Gasteiger partial charge is 1.00 e. The number of fused-ring (bicyclic) bond motifs is 4. The summed E-state index contributed by atoms with van der Waals surface area (Å²) in [6, 6.07) is 0. The first-order chi connectivity index (χ1) is 21.0. The van der Waals surface area contributed by atoms with Crippen molar-refractivity contribution in [3.63, 3.8) is 0 Å². The molecule has 0 aromatic carbocycles. The molecule has 0 saturated carbocycles. The van der Waals surface area contributed by atoms with Crippen molar-refractivity contribution in [1.29, 1.82) is 0 Å². The van der Waals surface area contributed by atoms with Crippen molar-refractivity contribution in [2.75, 3.05) is 20.8 Å². The third-order valence-electron chi connectivity index (χ3n) is 6.67. The van der Waals surface area contributed by atoms with Crippen molar-refractivity contribution in [2.24, 2.45) is 5.92 Å². The molecule has 0 amide bonds. The zero-order valence-electron chi connectivity index (χ0n) is 27.5. The molecule has 9 atom stereocenters. The van der Waals surface area contributed by atoms with E-state index < -0.39 is 73.7 Å². The van der Waals surface area contributed by atoms with Gasteiger partial charge in [0, 0.05) is 14.2 Å². The van der Waals surface area contributed by atoms with E-state index in [0.29, 0.717) is 5.92 Å².